The van der Waals surface area contributed by atoms with Gasteiger partial charge < -0.3 is 15.6 Å². The van der Waals surface area contributed by atoms with Crippen LogP contribution in [-0.2, 0) is 6.54 Å². The largest absolute Gasteiger partial charge is 0.359 e. The SMILES string of the molecule is Cc1cccc(NC(=S)NCc2ccc3[nH]c(C)cc3c2)c1. The predicted molar refractivity (Wildman–Crippen MR) is 97.3 cm³/mol. The van der Waals surface area contributed by atoms with E-state index in [0.717, 1.165) is 5.69 Å². The van der Waals surface area contributed by atoms with Crippen molar-refractivity contribution in [3.63, 3.8) is 0 Å². The Hall–Kier alpha value is -2.33. The van der Waals surface area contributed by atoms with Gasteiger partial charge in [-0.3, -0.25) is 0 Å². The number of fused-ring (bicyclic) bond motifs is 1. The molecule has 0 saturated carbocycles. The van der Waals surface area contributed by atoms with Gasteiger partial charge in [-0.05, 0) is 72.9 Å². The van der Waals surface area contributed by atoms with E-state index in [1.165, 1.54) is 27.7 Å². The molecule has 1 heterocycles. The molecule has 3 nitrogen and oxygen atoms in total. The Labute approximate surface area is 135 Å². The number of nitrogens with one attached hydrogen (secondary N) is 3. The van der Waals surface area contributed by atoms with Crippen molar-refractivity contribution in [3.05, 3.63) is 65.4 Å². The minimum absolute atomic E-state index is 0.635. The minimum atomic E-state index is 0.635. The lowest BCUT2D eigenvalue weighted by molar-refractivity contribution is 0.928. The maximum atomic E-state index is 5.35. The van der Waals surface area contributed by atoms with Gasteiger partial charge in [0.2, 0.25) is 0 Å². The molecule has 3 aromatic rings. The van der Waals surface area contributed by atoms with Crippen molar-refractivity contribution < 1.29 is 0 Å². The molecule has 0 fully saturated rings. The summed E-state index contributed by atoms with van der Waals surface area (Å²) in [6, 6.07) is 16.7. The van der Waals surface area contributed by atoms with Crippen molar-refractivity contribution in [1.82, 2.24) is 10.3 Å². The Kier molecular flexibility index (Phi) is 4.11. The van der Waals surface area contributed by atoms with Crippen LogP contribution in [0.3, 0.4) is 0 Å². The molecule has 3 rings (SSSR count). The van der Waals surface area contributed by atoms with Crippen molar-refractivity contribution in [2.75, 3.05) is 5.32 Å². The molecule has 2 aromatic carbocycles. The van der Waals surface area contributed by atoms with Crippen LogP contribution < -0.4 is 10.6 Å². The Balaban J connectivity index is 1.62. The van der Waals surface area contributed by atoms with Crippen molar-refractivity contribution >= 4 is 33.9 Å². The lowest BCUT2D eigenvalue weighted by Crippen LogP contribution is -2.27. The van der Waals surface area contributed by atoms with E-state index in [0.29, 0.717) is 11.7 Å². The van der Waals surface area contributed by atoms with Crippen LogP contribution in [0.5, 0.6) is 0 Å². The molecule has 112 valence electrons. The summed E-state index contributed by atoms with van der Waals surface area (Å²) in [6.07, 6.45) is 0. The second-order valence-electron chi connectivity index (χ2n) is 5.55. The number of rotatable bonds is 3. The van der Waals surface area contributed by atoms with E-state index in [-0.39, 0.29) is 0 Å². The monoisotopic (exact) mass is 309 g/mol. The van der Waals surface area contributed by atoms with Gasteiger partial charge in [-0.1, -0.05) is 18.2 Å². The number of aromatic nitrogens is 1. The summed E-state index contributed by atoms with van der Waals surface area (Å²) in [5.74, 6) is 0. The van der Waals surface area contributed by atoms with Crippen LogP contribution in [0, 0.1) is 13.8 Å². The smallest absolute Gasteiger partial charge is 0.171 e. The van der Waals surface area contributed by atoms with E-state index < -0.39 is 0 Å². The molecule has 0 aliphatic heterocycles. The normalized spacial score (nSPS) is 10.6. The Morgan fingerprint density at radius 2 is 1.95 bits per heavy atom. The molecule has 0 aliphatic rings. The molecule has 0 atom stereocenters. The van der Waals surface area contributed by atoms with Gasteiger partial charge in [0.15, 0.2) is 5.11 Å². The van der Waals surface area contributed by atoms with Crippen LogP contribution in [0.25, 0.3) is 10.9 Å². The van der Waals surface area contributed by atoms with E-state index >= 15 is 0 Å². The highest BCUT2D eigenvalue weighted by molar-refractivity contribution is 7.80. The molecule has 0 amide bonds. The summed E-state index contributed by atoms with van der Waals surface area (Å²) in [7, 11) is 0. The first-order chi connectivity index (χ1) is 10.6. The maximum absolute atomic E-state index is 5.35. The van der Waals surface area contributed by atoms with Crippen LogP contribution >= 0.6 is 12.2 Å². The number of hydrogen-bond acceptors (Lipinski definition) is 1. The zero-order valence-electron chi connectivity index (χ0n) is 12.7. The van der Waals surface area contributed by atoms with Gasteiger partial charge >= 0.3 is 0 Å². The number of benzene rings is 2. The molecule has 1 aromatic heterocycles. The third-order valence-electron chi connectivity index (χ3n) is 3.55. The molecule has 3 N–H and O–H groups in total. The summed E-state index contributed by atoms with van der Waals surface area (Å²) in [4.78, 5) is 3.33. The predicted octanol–water partition coefficient (Wildman–Crippen LogP) is 4.27. The Morgan fingerprint density at radius 3 is 2.77 bits per heavy atom. The summed E-state index contributed by atoms with van der Waals surface area (Å²) in [6.45, 7) is 4.84. The summed E-state index contributed by atoms with van der Waals surface area (Å²) < 4.78 is 0. The highest BCUT2D eigenvalue weighted by atomic mass is 32.1. The van der Waals surface area contributed by atoms with Crippen LogP contribution in [-0.4, -0.2) is 10.1 Å². The van der Waals surface area contributed by atoms with Crippen molar-refractivity contribution in [3.8, 4) is 0 Å². The van der Waals surface area contributed by atoms with E-state index in [4.69, 9.17) is 12.2 Å². The van der Waals surface area contributed by atoms with Crippen molar-refractivity contribution in [2.45, 2.75) is 20.4 Å². The van der Waals surface area contributed by atoms with E-state index in [2.05, 4.69) is 65.9 Å². The molecule has 0 aliphatic carbocycles. The average Bonchev–Trinajstić information content (AvgIpc) is 2.84. The Morgan fingerprint density at radius 1 is 1.09 bits per heavy atom. The fraction of sp³-hybridized carbons (Fsp3) is 0.167. The Bertz CT molecular complexity index is 820. The van der Waals surface area contributed by atoms with Gasteiger partial charge in [-0.2, -0.15) is 0 Å². The summed E-state index contributed by atoms with van der Waals surface area (Å²) in [5.41, 5.74) is 5.77. The first-order valence-electron chi connectivity index (χ1n) is 7.30. The third kappa shape index (κ3) is 3.46. The molecular weight excluding hydrogens is 290 g/mol. The quantitative estimate of drug-likeness (QED) is 0.633. The lowest BCUT2D eigenvalue weighted by Gasteiger charge is -2.11. The lowest BCUT2D eigenvalue weighted by atomic mass is 10.1. The number of aryl methyl sites for hydroxylation is 2. The zero-order valence-corrected chi connectivity index (χ0v) is 13.6. The fourth-order valence-electron chi connectivity index (χ4n) is 2.52. The zero-order chi connectivity index (χ0) is 15.5. The van der Waals surface area contributed by atoms with Crippen molar-refractivity contribution in [1.29, 1.82) is 0 Å². The topological polar surface area (TPSA) is 39.8 Å². The van der Waals surface area contributed by atoms with Crippen LogP contribution in [0.1, 0.15) is 16.8 Å². The molecule has 0 bridgehead atoms. The average molecular weight is 309 g/mol. The second kappa shape index (κ2) is 6.20. The number of aromatic amines is 1. The van der Waals surface area contributed by atoms with Crippen LogP contribution in [0.4, 0.5) is 5.69 Å². The number of H-pyrrole nitrogens is 1. The molecule has 0 saturated heterocycles. The van der Waals surface area contributed by atoms with Gasteiger partial charge in [-0.25, -0.2) is 0 Å². The first kappa shape index (κ1) is 14.6. The molecule has 0 radical (unpaired) electrons. The van der Waals surface area contributed by atoms with E-state index in [1.807, 2.05) is 12.1 Å². The standard InChI is InChI=1S/C18H19N3S/c1-12-4-3-5-16(8-12)21-18(22)19-11-14-6-7-17-15(10-14)9-13(2)20-17/h3-10,20H,11H2,1-2H3,(H2,19,21,22). The highest BCUT2D eigenvalue weighted by Crippen LogP contribution is 2.17. The number of anilines is 1. The van der Waals surface area contributed by atoms with Gasteiger partial charge in [0, 0.05) is 23.4 Å². The van der Waals surface area contributed by atoms with Crippen LogP contribution in [0.15, 0.2) is 48.5 Å². The van der Waals surface area contributed by atoms with Gasteiger partial charge in [0.25, 0.3) is 0 Å². The van der Waals surface area contributed by atoms with Gasteiger partial charge in [-0.15, -0.1) is 0 Å². The molecule has 4 heteroatoms. The van der Waals surface area contributed by atoms with Gasteiger partial charge in [0.1, 0.15) is 0 Å². The maximum Gasteiger partial charge on any atom is 0.171 e. The molecule has 0 unspecified atom stereocenters. The third-order valence-corrected chi connectivity index (χ3v) is 3.80. The van der Waals surface area contributed by atoms with Crippen molar-refractivity contribution in [2.24, 2.45) is 0 Å². The molecule has 22 heavy (non-hydrogen) atoms. The summed E-state index contributed by atoms with van der Waals surface area (Å²) in [5, 5.41) is 8.32. The molecular formula is C18H19N3S. The number of hydrogen-bond donors (Lipinski definition) is 3. The van der Waals surface area contributed by atoms with Crippen LogP contribution in [0.2, 0.25) is 0 Å². The number of thiocarbonyl (C=S) groups is 1. The van der Waals surface area contributed by atoms with E-state index in [1.54, 1.807) is 0 Å². The first-order valence-corrected chi connectivity index (χ1v) is 7.71. The highest BCUT2D eigenvalue weighted by Gasteiger charge is 2.01. The fourth-order valence-corrected chi connectivity index (χ4v) is 2.71. The minimum Gasteiger partial charge on any atom is -0.359 e. The molecule has 0 spiro atoms. The van der Waals surface area contributed by atoms with E-state index in [9.17, 15) is 0 Å². The summed E-state index contributed by atoms with van der Waals surface area (Å²) >= 11 is 5.35. The van der Waals surface area contributed by atoms with Gasteiger partial charge in [0.05, 0.1) is 0 Å². The second-order valence-corrected chi connectivity index (χ2v) is 5.96.